The second-order valence-corrected chi connectivity index (χ2v) is 12.8. The molecule has 3 aliphatic rings. The molecule has 0 spiro atoms. The third-order valence-electron chi connectivity index (χ3n) is 9.63. The topological polar surface area (TPSA) is 120 Å². The first kappa shape index (κ1) is 32.3. The van der Waals surface area contributed by atoms with Crippen LogP contribution in [0.3, 0.4) is 0 Å². The predicted octanol–water partition coefficient (Wildman–Crippen LogP) is 3.68. The number of amides is 3. The van der Waals surface area contributed by atoms with Gasteiger partial charge in [-0.25, -0.2) is 0 Å². The maximum absolute atomic E-state index is 13.9. The lowest BCUT2D eigenvalue weighted by Gasteiger charge is -2.37. The van der Waals surface area contributed by atoms with Crippen LogP contribution in [-0.2, 0) is 25.5 Å². The molecule has 0 aromatic heterocycles. The molecule has 42 heavy (non-hydrogen) atoms. The molecule has 6 atom stereocenters. The summed E-state index contributed by atoms with van der Waals surface area (Å²) < 4.78 is 6.59. The van der Waals surface area contributed by atoms with E-state index in [0.29, 0.717) is 19.0 Å². The summed E-state index contributed by atoms with van der Waals surface area (Å²) in [4.78, 5) is 42.3. The van der Waals surface area contributed by atoms with E-state index < -0.39 is 12.1 Å². The molecule has 0 bridgehead atoms. The maximum atomic E-state index is 13.9. The number of nitrogens with zero attached hydrogens (tertiary/aromatic N) is 1. The highest BCUT2D eigenvalue weighted by Crippen LogP contribution is 2.31. The number of hydrogen-bond acceptors (Lipinski definition) is 6. The largest absolute Gasteiger partial charge is 0.508 e. The molecule has 1 saturated heterocycles. The van der Waals surface area contributed by atoms with Crippen molar-refractivity contribution < 1.29 is 24.2 Å². The number of nitrogens with one attached hydrogen (secondary N) is 3. The van der Waals surface area contributed by atoms with Crippen LogP contribution in [0.15, 0.2) is 24.3 Å². The molecule has 1 heterocycles. The van der Waals surface area contributed by atoms with Crippen molar-refractivity contribution in [1.82, 2.24) is 20.9 Å². The van der Waals surface area contributed by atoms with Gasteiger partial charge in [0.1, 0.15) is 17.8 Å². The van der Waals surface area contributed by atoms with E-state index in [2.05, 4.69) is 22.9 Å². The summed E-state index contributed by atoms with van der Waals surface area (Å²) in [5.74, 6) is 0.115. The first-order valence-corrected chi connectivity index (χ1v) is 16.2. The highest BCUT2D eigenvalue weighted by atomic mass is 16.5. The van der Waals surface area contributed by atoms with Crippen LogP contribution < -0.4 is 16.0 Å². The predicted molar refractivity (Wildman–Crippen MR) is 163 cm³/mol. The normalized spacial score (nSPS) is 31.8. The van der Waals surface area contributed by atoms with E-state index in [1.54, 1.807) is 38.2 Å². The number of carbonyl (C=O) groups excluding carboxylic acids is 3. The van der Waals surface area contributed by atoms with Gasteiger partial charge in [-0.2, -0.15) is 0 Å². The molecule has 2 aliphatic carbocycles. The number of hydrogen-bond donors (Lipinski definition) is 4. The first-order valence-electron chi connectivity index (χ1n) is 16.2. The molecular formula is C33H52N4O5. The molecule has 3 amide bonds. The number of phenolic OH excluding ortho intramolecular Hbond substituents is 1. The SMILES string of the molecule is C[C@@H]1CN[C@@H](C2CCCCC2)C(=O)N(C)[C@H](C)C(=O)N[C@H](Cc2ccc(O)cc2)C(=O)NCCC[C@@H]2CCCC[C@@H]2O1. The Morgan fingerprint density at radius 1 is 0.857 bits per heavy atom. The smallest absolute Gasteiger partial charge is 0.243 e. The lowest BCUT2D eigenvalue weighted by atomic mass is 9.83. The van der Waals surface area contributed by atoms with E-state index in [9.17, 15) is 19.5 Å². The van der Waals surface area contributed by atoms with Gasteiger partial charge in [0.2, 0.25) is 17.7 Å². The monoisotopic (exact) mass is 584 g/mol. The minimum atomic E-state index is -0.800. The number of ether oxygens (including phenoxy) is 1. The highest BCUT2D eigenvalue weighted by molar-refractivity contribution is 5.93. The van der Waals surface area contributed by atoms with Crippen LogP contribution in [0.1, 0.15) is 90.0 Å². The minimum Gasteiger partial charge on any atom is -0.508 e. The number of phenols is 1. The maximum Gasteiger partial charge on any atom is 0.243 e. The van der Waals surface area contributed by atoms with Crippen molar-refractivity contribution in [1.29, 1.82) is 0 Å². The molecule has 0 radical (unpaired) electrons. The van der Waals surface area contributed by atoms with Crippen LogP contribution in [0, 0.1) is 11.8 Å². The summed E-state index contributed by atoms with van der Waals surface area (Å²) in [6.07, 6.45) is 12.2. The van der Waals surface area contributed by atoms with Gasteiger partial charge in [-0.05, 0) is 81.9 Å². The molecule has 1 aliphatic heterocycles. The lowest BCUT2D eigenvalue weighted by Crippen LogP contribution is -2.58. The zero-order valence-electron chi connectivity index (χ0n) is 25.8. The number of carbonyl (C=O) groups is 3. The van der Waals surface area contributed by atoms with Gasteiger partial charge in [0.15, 0.2) is 0 Å². The minimum absolute atomic E-state index is 0.0280. The fourth-order valence-corrected chi connectivity index (χ4v) is 6.90. The van der Waals surface area contributed by atoms with Gasteiger partial charge in [-0.1, -0.05) is 44.2 Å². The number of rotatable bonds is 3. The Hall–Kier alpha value is -2.65. The molecule has 0 unspecified atom stereocenters. The average molecular weight is 585 g/mol. The van der Waals surface area contributed by atoms with Crippen molar-refractivity contribution in [3.8, 4) is 5.75 Å². The standard InChI is InChI=1S/C33H52N4O5/c1-22-21-35-30(26-11-5-4-6-12-26)33(41)37(3)23(2)31(39)36-28(20-24-15-17-27(38)18-16-24)32(40)34-19-9-13-25-10-7-8-14-29(25)42-22/h15-18,22-23,25-26,28-30,35,38H,4-14,19-21H2,1-3H3,(H,34,40)(H,36,39)/t22-,23-,25+,28-,29+,30+/m1/s1. The molecule has 1 aromatic rings. The van der Waals surface area contributed by atoms with Crippen molar-refractivity contribution >= 4 is 17.7 Å². The van der Waals surface area contributed by atoms with Gasteiger partial charge in [-0.3, -0.25) is 14.4 Å². The first-order chi connectivity index (χ1) is 20.2. The van der Waals surface area contributed by atoms with E-state index in [1.165, 1.54) is 24.2 Å². The van der Waals surface area contributed by atoms with Gasteiger partial charge in [0.05, 0.1) is 18.2 Å². The van der Waals surface area contributed by atoms with E-state index in [1.807, 2.05) is 0 Å². The summed E-state index contributed by atoms with van der Waals surface area (Å²) >= 11 is 0. The molecule has 3 fully saturated rings. The van der Waals surface area contributed by atoms with Crippen LogP contribution in [0.5, 0.6) is 5.75 Å². The quantitative estimate of drug-likeness (QED) is 0.430. The van der Waals surface area contributed by atoms with Crippen LogP contribution in [0.2, 0.25) is 0 Å². The van der Waals surface area contributed by atoms with Crippen LogP contribution in [0.4, 0.5) is 0 Å². The zero-order chi connectivity index (χ0) is 30.1. The van der Waals surface area contributed by atoms with Crippen molar-refractivity contribution in [2.45, 2.75) is 121 Å². The van der Waals surface area contributed by atoms with Crippen LogP contribution in [0.25, 0.3) is 0 Å². The summed E-state index contributed by atoms with van der Waals surface area (Å²) in [6, 6.07) is 4.73. The highest BCUT2D eigenvalue weighted by Gasteiger charge is 2.36. The van der Waals surface area contributed by atoms with Crippen molar-refractivity contribution in [2.24, 2.45) is 11.8 Å². The summed E-state index contributed by atoms with van der Waals surface area (Å²) in [5.41, 5.74) is 0.824. The Kier molecular flexibility index (Phi) is 12.1. The van der Waals surface area contributed by atoms with E-state index in [-0.39, 0.29) is 54.1 Å². The molecule has 9 nitrogen and oxygen atoms in total. The summed E-state index contributed by atoms with van der Waals surface area (Å²) in [7, 11) is 1.68. The molecule has 9 heteroatoms. The third kappa shape index (κ3) is 8.93. The van der Waals surface area contributed by atoms with Crippen LogP contribution >= 0.6 is 0 Å². The third-order valence-corrected chi connectivity index (χ3v) is 9.63. The Morgan fingerprint density at radius 2 is 1.50 bits per heavy atom. The van der Waals surface area contributed by atoms with E-state index in [0.717, 1.165) is 56.9 Å². The lowest BCUT2D eigenvalue weighted by molar-refractivity contribution is -0.142. The number of benzene rings is 1. The van der Waals surface area contributed by atoms with Crippen molar-refractivity contribution in [3.05, 3.63) is 29.8 Å². The molecule has 1 aromatic carbocycles. The van der Waals surface area contributed by atoms with Crippen molar-refractivity contribution in [2.75, 3.05) is 20.1 Å². The Bertz CT molecular complexity index is 1030. The van der Waals surface area contributed by atoms with Gasteiger partial charge >= 0.3 is 0 Å². The molecule has 4 rings (SSSR count). The fraction of sp³-hybridized carbons (Fsp3) is 0.727. The molecular weight excluding hydrogens is 532 g/mol. The Balaban J connectivity index is 1.55. The van der Waals surface area contributed by atoms with Gasteiger partial charge in [0, 0.05) is 26.6 Å². The van der Waals surface area contributed by atoms with Gasteiger partial charge in [0.25, 0.3) is 0 Å². The number of likely N-dealkylation sites (N-methyl/N-ethyl adjacent to an activating group) is 1. The summed E-state index contributed by atoms with van der Waals surface area (Å²) in [5, 5.41) is 19.2. The van der Waals surface area contributed by atoms with Gasteiger partial charge < -0.3 is 30.7 Å². The zero-order valence-corrected chi connectivity index (χ0v) is 25.8. The second kappa shape index (κ2) is 15.7. The number of aromatic hydroxyl groups is 1. The summed E-state index contributed by atoms with van der Waals surface area (Å²) in [6.45, 7) is 4.93. The average Bonchev–Trinajstić information content (AvgIpc) is 3.00. The second-order valence-electron chi connectivity index (χ2n) is 12.8. The van der Waals surface area contributed by atoms with Crippen molar-refractivity contribution in [3.63, 3.8) is 0 Å². The molecule has 4 N–H and O–H groups in total. The Morgan fingerprint density at radius 3 is 2.24 bits per heavy atom. The van der Waals surface area contributed by atoms with E-state index >= 15 is 0 Å². The Labute approximate surface area is 251 Å². The van der Waals surface area contributed by atoms with E-state index in [4.69, 9.17) is 4.74 Å². The van der Waals surface area contributed by atoms with Crippen LogP contribution in [-0.4, -0.2) is 78.2 Å². The molecule has 2 saturated carbocycles. The number of fused-ring (bicyclic) bond motifs is 1. The molecule has 234 valence electrons. The fourth-order valence-electron chi connectivity index (χ4n) is 6.90. The van der Waals surface area contributed by atoms with Gasteiger partial charge in [-0.15, -0.1) is 0 Å².